The van der Waals surface area contributed by atoms with Crippen molar-refractivity contribution in [2.75, 3.05) is 9.91 Å². The lowest BCUT2D eigenvalue weighted by Crippen LogP contribution is -2.62. The molecule has 3 heterocycles. The molecule has 1 aromatic heterocycles. The number of halogens is 2. The molecule has 0 saturated carbocycles. The minimum atomic E-state index is -0.684. The van der Waals surface area contributed by atoms with Gasteiger partial charge in [-0.3, -0.25) is 9.89 Å². The fourth-order valence-corrected chi connectivity index (χ4v) is 6.61. The molecule has 2 unspecified atom stereocenters. The second-order valence-corrected chi connectivity index (χ2v) is 10.7. The fourth-order valence-electron chi connectivity index (χ4n) is 4.41. The Morgan fingerprint density at radius 3 is 2.29 bits per heavy atom. The molecular weight excluding hydrogens is 554 g/mol. The first-order chi connectivity index (χ1) is 16.5. The van der Waals surface area contributed by atoms with E-state index in [4.69, 9.17) is 23.8 Å². The highest BCUT2D eigenvalue weighted by molar-refractivity contribution is 9.10. The van der Waals surface area contributed by atoms with E-state index in [9.17, 15) is 4.79 Å². The molecule has 2 atom stereocenters. The third-order valence-electron chi connectivity index (χ3n) is 5.99. The second kappa shape index (κ2) is 8.57. The van der Waals surface area contributed by atoms with Crippen LogP contribution in [0.5, 0.6) is 0 Å². The third-order valence-corrected chi connectivity index (χ3v) is 8.53. The molecule has 6 nitrogen and oxygen atoms in total. The lowest BCUT2D eigenvalue weighted by molar-refractivity contribution is -0.126. The van der Waals surface area contributed by atoms with Gasteiger partial charge in [0.15, 0.2) is 5.82 Å². The topological polar surface area (TPSA) is 57.2 Å². The first-order valence-corrected chi connectivity index (χ1v) is 13.0. The molecule has 170 valence electrons. The summed E-state index contributed by atoms with van der Waals surface area (Å²) < 4.78 is 2.92. The highest BCUT2D eigenvalue weighted by Crippen LogP contribution is 2.48. The molecule has 2 aliphatic heterocycles. The summed E-state index contributed by atoms with van der Waals surface area (Å²) in [5.41, 5.74) is 3.08. The van der Waals surface area contributed by atoms with Crippen LogP contribution in [0.4, 0.5) is 11.4 Å². The normalized spacial score (nSPS) is 18.9. The summed E-state index contributed by atoms with van der Waals surface area (Å²) in [7, 11) is 0. The summed E-state index contributed by atoms with van der Waals surface area (Å²) in [5, 5.41) is 8.32. The van der Waals surface area contributed by atoms with Gasteiger partial charge < -0.3 is 4.90 Å². The number of benzene rings is 3. The van der Waals surface area contributed by atoms with Crippen molar-refractivity contribution in [2.45, 2.75) is 27.8 Å². The van der Waals surface area contributed by atoms with E-state index < -0.39 is 5.38 Å². The van der Waals surface area contributed by atoms with Gasteiger partial charge in [-0.25, -0.2) is 9.69 Å². The number of aromatic amines is 1. The molecule has 1 saturated heterocycles. The van der Waals surface area contributed by atoms with Gasteiger partial charge in [-0.2, -0.15) is 5.10 Å². The van der Waals surface area contributed by atoms with Gasteiger partial charge in [0.05, 0.1) is 17.9 Å². The number of rotatable bonds is 4. The van der Waals surface area contributed by atoms with Crippen molar-refractivity contribution in [3.8, 4) is 0 Å². The number of aromatic nitrogens is 3. The Bertz CT molecular complexity index is 1440. The van der Waals surface area contributed by atoms with Crippen LogP contribution in [0.3, 0.4) is 0 Å². The van der Waals surface area contributed by atoms with Crippen LogP contribution in [0.1, 0.15) is 17.4 Å². The second-order valence-electron chi connectivity index (χ2n) is 7.93. The number of nitrogens with one attached hydrogen (secondary N) is 1. The first kappa shape index (κ1) is 21.9. The first-order valence-electron chi connectivity index (χ1n) is 10.6. The van der Waals surface area contributed by atoms with Crippen molar-refractivity contribution in [3.05, 3.63) is 93.4 Å². The maximum absolute atomic E-state index is 13.0. The van der Waals surface area contributed by atoms with Gasteiger partial charge in [0.25, 0.3) is 5.91 Å². The summed E-state index contributed by atoms with van der Waals surface area (Å²) in [4.78, 5) is 17.5. The van der Waals surface area contributed by atoms with Crippen LogP contribution in [0, 0.1) is 4.77 Å². The number of fused-ring (bicyclic) bond motifs is 2. The Balaban J connectivity index is 1.43. The predicted molar refractivity (Wildman–Crippen MR) is 140 cm³/mol. The van der Waals surface area contributed by atoms with Gasteiger partial charge in [0.1, 0.15) is 11.4 Å². The average molecular weight is 571 g/mol. The van der Waals surface area contributed by atoms with Crippen molar-refractivity contribution in [1.29, 1.82) is 0 Å². The number of carbonyl (C=O) groups is 1. The highest BCUT2D eigenvalue weighted by Gasteiger charge is 2.50. The lowest BCUT2D eigenvalue weighted by atomic mass is 9.95. The number of alkyl halides is 1. The molecule has 1 fully saturated rings. The van der Waals surface area contributed by atoms with E-state index in [1.165, 1.54) is 0 Å². The van der Waals surface area contributed by atoms with Crippen molar-refractivity contribution in [2.24, 2.45) is 0 Å². The Hall–Kier alpha value is -2.59. The number of H-pyrrole nitrogens is 1. The Kier molecular flexibility index (Phi) is 5.52. The van der Waals surface area contributed by atoms with Crippen LogP contribution in [-0.2, 0) is 11.3 Å². The van der Waals surface area contributed by atoms with Gasteiger partial charge in [0.2, 0.25) is 4.77 Å². The SMILES string of the molecule is O=C1C(Cl)C(c2ccccc2Br)N1n1c(CN2c3ccccc3Sc3ccccc32)n[nH]c1=S. The molecule has 1 amide bonds. The Morgan fingerprint density at radius 1 is 1.00 bits per heavy atom. The number of amides is 1. The molecule has 0 bridgehead atoms. The Morgan fingerprint density at radius 2 is 1.62 bits per heavy atom. The standard InChI is InChI=1S/C24H17BrClN5OS2/c25-15-8-2-1-7-14(15)22-21(26)23(32)31(22)30-20(27-28-24(30)33)13-29-16-9-3-5-11-18(16)34-19-12-6-4-10-17(19)29/h1-12,21-22H,13H2,(H,28,33). The van der Waals surface area contributed by atoms with Crippen LogP contribution < -0.4 is 9.91 Å². The summed E-state index contributed by atoms with van der Waals surface area (Å²) in [6.45, 7) is 0.418. The third kappa shape index (κ3) is 3.41. The molecule has 0 aliphatic carbocycles. The number of anilines is 2. The summed E-state index contributed by atoms with van der Waals surface area (Å²) in [5.74, 6) is 0.409. The van der Waals surface area contributed by atoms with Crippen molar-refractivity contribution < 1.29 is 4.79 Å². The number of hydrogen-bond acceptors (Lipinski definition) is 5. The van der Waals surface area contributed by atoms with Crippen molar-refractivity contribution in [1.82, 2.24) is 14.9 Å². The minimum Gasteiger partial charge on any atom is -0.332 e. The van der Waals surface area contributed by atoms with Gasteiger partial charge in [0, 0.05) is 14.3 Å². The van der Waals surface area contributed by atoms with Crippen LogP contribution in [0.2, 0.25) is 0 Å². The van der Waals surface area contributed by atoms with E-state index in [0.717, 1.165) is 31.2 Å². The van der Waals surface area contributed by atoms with Crippen molar-refractivity contribution >= 4 is 68.8 Å². The smallest absolute Gasteiger partial charge is 0.262 e. The number of nitrogens with zero attached hydrogens (tertiary/aromatic N) is 4. The van der Waals surface area contributed by atoms with Gasteiger partial charge >= 0.3 is 0 Å². The zero-order valence-corrected chi connectivity index (χ0v) is 21.5. The summed E-state index contributed by atoms with van der Waals surface area (Å²) in [6.07, 6.45) is 0. The van der Waals surface area contributed by atoms with Gasteiger partial charge in [-0.05, 0) is 48.1 Å². The van der Waals surface area contributed by atoms with E-state index in [0.29, 0.717) is 17.1 Å². The van der Waals surface area contributed by atoms with Gasteiger partial charge in [-0.1, -0.05) is 70.2 Å². The number of carbonyl (C=O) groups excluding carboxylic acids is 1. The quantitative estimate of drug-likeness (QED) is 0.176. The molecule has 10 heteroatoms. The molecular formula is C24H17BrClN5OS2. The van der Waals surface area contributed by atoms with E-state index in [1.54, 1.807) is 21.4 Å². The van der Waals surface area contributed by atoms with Crippen LogP contribution in [-0.4, -0.2) is 26.2 Å². The molecule has 4 aromatic rings. The van der Waals surface area contributed by atoms with Gasteiger partial charge in [-0.15, -0.1) is 11.6 Å². The van der Waals surface area contributed by atoms with E-state index in [-0.39, 0.29) is 11.9 Å². The molecule has 0 radical (unpaired) electrons. The Labute approximate surface area is 218 Å². The molecule has 34 heavy (non-hydrogen) atoms. The van der Waals surface area contributed by atoms with E-state index >= 15 is 0 Å². The zero-order valence-electron chi connectivity index (χ0n) is 17.6. The van der Waals surface area contributed by atoms with Crippen molar-refractivity contribution in [3.63, 3.8) is 0 Å². The highest BCUT2D eigenvalue weighted by atomic mass is 79.9. The van der Waals surface area contributed by atoms with Crippen LogP contribution >= 0.6 is 51.5 Å². The van der Waals surface area contributed by atoms with E-state index in [2.05, 4.69) is 55.3 Å². The average Bonchev–Trinajstić information content (AvgIpc) is 3.21. The molecule has 1 N–H and O–H groups in total. The molecule has 2 aliphatic rings. The molecule has 6 rings (SSSR count). The summed E-state index contributed by atoms with van der Waals surface area (Å²) >= 11 is 17.4. The lowest BCUT2D eigenvalue weighted by Gasteiger charge is -2.45. The van der Waals surface area contributed by atoms with Crippen LogP contribution in [0.15, 0.2) is 87.1 Å². The van der Waals surface area contributed by atoms with E-state index in [1.807, 2.05) is 48.5 Å². The predicted octanol–water partition coefficient (Wildman–Crippen LogP) is 6.33. The minimum absolute atomic E-state index is 0.212. The molecule has 0 spiro atoms. The fraction of sp³-hybridized carbons (Fsp3) is 0.125. The summed E-state index contributed by atoms with van der Waals surface area (Å²) in [6, 6.07) is 23.9. The molecule has 3 aromatic carbocycles. The van der Waals surface area contributed by atoms with Crippen LogP contribution in [0.25, 0.3) is 0 Å². The monoisotopic (exact) mass is 569 g/mol. The number of β-lactam (4-membered cyclic amide) rings is 1. The zero-order chi connectivity index (χ0) is 23.4. The number of para-hydroxylation sites is 2. The maximum atomic E-state index is 13.0. The largest absolute Gasteiger partial charge is 0.332 e. The maximum Gasteiger partial charge on any atom is 0.262 e. The number of hydrogen-bond donors (Lipinski definition) is 1.